The number of halogens is 3. The van der Waals surface area contributed by atoms with Gasteiger partial charge in [0.15, 0.2) is 0 Å². The summed E-state index contributed by atoms with van der Waals surface area (Å²) in [5, 5.41) is 8.90. The SMILES string of the molecule is CN(CCCOCC(F)(F)F)C(C)(C)C(=O)O. The van der Waals surface area contributed by atoms with Crippen molar-refractivity contribution in [3.63, 3.8) is 0 Å². The van der Waals surface area contributed by atoms with Crippen molar-refractivity contribution < 1.29 is 27.8 Å². The van der Waals surface area contributed by atoms with Gasteiger partial charge in [-0.1, -0.05) is 0 Å². The number of alkyl halides is 3. The summed E-state index contributed by atoms with van der Waals surface area (Å²) in [6, 6.07) is 0. The first-order valence-corrected chi connectivity index (χ1v) is 5.16. The molecule has 0 aliphatic rings. The van der Waals surface area contributed by atoms with Gasteiger partial charge in [-0.3, -0.25) is 9.69 Å². The molecule has 0 amide bonds. The van der Waals surface area contributed by atoms with E-state index < -0.39 is 24.3 Å². The zero-order valence-electron chi connectivity index (χ0n) is 10.2. The van der Waals surface area contributed by atoms with Gasteiger partial charge in [0, 0.05) is 13.2 Å². The highest BCUT2D eigenvalue weighted by Crippen LogP contribution is 2.15. The van der Waals surface area contributed by atoms with E-state index in [1.54, 1.807) is 11.9 Å². The number of hydrogen-bond donors (Lipinski definition) is 1. The first-order valence-electron chi connectivity index (χ1n) is 5.16. The van der Waals surface area contributed by atoms with Crippen molar-refractivity contribution in [1.29, 1.82) is 0 Å². The predicted molar refractivity (Wildman–Crippen MR) is 55.8 cm³/mol. The molecule has 0 saturated carbocycles. The number of carbonyl (C=O) groups is 1. The Bertz CT molecular complexity index is 254. The summed E-state index contributed by atoms with van der Waals surface area (Å²) < 4.78 is 39.6. The minimum Gasteiger partial charge on any atom is -0.480 e. The molecule has 0 fully saturated rings. The van der Waals surface area contributed by atoms with Crippen molar-refractivity contribution in [3.8, 4) is 0 Å². The Kier molecular flexibility index (Phi) is 5.91. The number of nitrogens with zero attached hydrogens (tertiary/aromatic N) is 1. The topological polar surface area (TPSA) is 49.8 Å². The number of hydrogen-bond acceptors (Lipinski definition) is 3. The van der Waals surface area contributed by atoms with Crippen LogP contribution in [0.3, 0.4) is 0 Å². The van der Waals surface area contributed by atoms with Crippen molar-refractivity contribution in [2.45, 2.75) is 32.0 Å². The molecule has 17 heavy (non-hydrogen) atoms. The maximum Gasteiger partial charge on any atom is 0.411 e. The molecule has 0 aromatic carbocycles. The van der Waals surface area contributed by atoms with Crippen LogP contribution in [0, 0.1) is 0 Å². The maximum atomic E-state index is 11.7. The summed E-state index contributed by atoms with van der Waals surface area (Å²) in [7, 11) is 1.61. The molecule has 1 N–H and O–H groups in total. The molecule has 0 unspecified atom stereocenters. The normalized spacial score (nSPS) is 13.1. The van der Waals surface area contributed by atoms with Crippen LogP contribution in [0.15, 0.2) is 0 Å². The van der Waals surface area contributed by atoms with Gasteiger partial charge >= 0.3 is 12.1 Å². The number of rotatable bonds is 7. The van der Waals surface area contributed by atoms with Gasteiger partial charge in [-0.2, -0.15) is 13.2 Å². The lowest BCUT2D eigenvalue weighted by Crippen LogP contribution is -2.48. The lowest BCUT2D eigenvalue weighted by molar-refractivity contribution is -0.174. The van der Waals surface area contributed by atoms with Crippen LogP contribution < -0.4 is 0 Å². The number of ether oxygens (including phenoxy) is 1. The van der Waals surface area contributed by atoms with Crippen LogP contribution in [0.2, 0.25) is 0 Å². The standard InChI is InChI=1S/C10H18F3NO3/c1-9(2,8(15)16)14(3)5-4-6-17-7-10(11,12)13/h4-7H2,1-3H3,(H,15,16). The van der Waals surface area contributed by atoms with E-state index in [9.17, 15) is 18.0 Å². The van der Waals surface area contributed by atoms with E-state index in [4.69, 9.17) is 5.11 Å². The van der Waals surface area contributed by atoms with Crippen LogP contribution in [0.1, 0.15) is 20.3 Å². The third-order valence-electron chi connectivity index (χ3n) is 2.53. The number of likely N-dealkylation sites (N-methyl/N-ethyl adjacent to an activating group) is 1. The molecule has 0 aromatic rings. The van der Waals surface area contributed by atoms with E-state index >= 15 is 0 Å². The van der Waals surface area contributed by atoms with E-state index in [0.29, 0.717) is 13.0 Å². The molecular formula is C10H18F3NO3. The van der Waals surface area contributed by atoms with Crippen LogP contribution in [0.4, 0.5) is 13.2 Å². The Labute approximate surface area is 98.3 Å². The van der Waals surface area contributed by atoms with Crippen molar-refractivity contribution in [1.82, 2.24) is 4.90 Å². The van der Waals surface area contributed by atoms with E-state index in [-0.39, 0.29) is 6.61 Å². The van der Waals surface area contributed by atoms with E-state index in [2.05, 4.69) is 4.74 Å². The highest BCUT2D eigenvalue weighted by Gasteiger charge is 2.31. The fourth-order valence-corrected chi connectivity index (χ4v) is 1.03. The van der Waals surface area contributed by atoms with E-state index in [1.165, 1.54) is 13.8 Å². The average molecular weight is 257 g/mol. The van der Waals surface area contributed by atoms with E-state index in [1.807, 2.05) is 0 Å². The third kappa shape index (κ3) is 6.48. The second-order valence-corrected chi connectivity index (χ2v) is 4.31. The van der Waals surface area contributed by atoms with Crippen LogP contribution >= 0.6 is 0 Å². The minimum absolute atomic E-state index is 0.0421. The summed E-state index contributed by atoms with van der Waals surface area (Å²) >= 11 is 0. The molecule has 0 saturated heterocycles. The maximum absolute atomic E-state index is 11.7. The molecule has 102 valence electrons. The summed E-state index contributed by atoms with van der Waals surface area (Å²) in [6.07, 6.45) is -3.96. The van der Waals surface area contributed by atoms with Gasteiger partial charge in [0.25, 0.3) is 0 Å². The first-order chi connectivity index (χ1) is 7.57. The Balaban J connectivity index is 3.80. The van der Waals surface area contributed by atoms with Crippen LogP contribution in [0.25, 0.3) is 0 Å². The highest BCUT2D eigenvalue weighted by atomic mass is 19.4. The van der Waals surface area contributed by atoms with E-state index in [0.717, 1.165) is 0 Å². The second kappa shape index (κ2) is 6.20. The van der Waals surface area contributed by atoms with Crippen molar-refractivity contribution >= 4 is 5.97 Å². The highest BCUT2D eigenvalue weighted by molar-refractivity contribution is 5.77. The molecule has 0 aromatic heterocycles. The Hall–Kier alpha value is -0.820. The quantitative estimate of drug-likeness (QED) is 0.706. The first kappa shape index (κ1) is 16.2. The molecule has 0 spiro atoms. The molecule has 0 heterocycles. The fourth-order valence-electron chi connectivity index (χ4n) is 1.03. The Morgan fingerprint density at radius 3 is 2.29 bits per heavy atom. The zero-order chi connectivity index (χ0) is 13.7. The minimum atomic E-state index is -4.31. The van der Waals surface area contributed by atoms with Gasteiger partial charge in [-0.05, 0) is 27.3 Å². The van der Waals surface area contributed by atoms with Crippen LogP contribution in [0.5, 0.6) is 0 Å². The molecule has 0 radical (unpaired) electrons. The molecule has 4 nitrogen and oxygen atoms in total. The molecule has 0 rings (SSSR count). The monoisotopic (exact) mass is 257 g/mol. The summed E-state index contributed by atoms with van der Waals surface area (Å²) in [6.45, 7) is 2.12. The Morgan fingerprint density at radius 1 is 1.35 bits per heavy atom. The number of carboxylic acids is 1. The molecule has 0 atom stereocenters. The molecular weight excluding hydrogens is 239 g/mol. The largest absolute Gasteiger partial charge is 0.480 e. The van der Waals surface area contributed by atoms with Gasteiger partial charge in [-0.25, -0.2) is 0 Å². The summed E-state index contributed by atoms with van der Waals surface area (Å²) in [4.78, 5) is 12.4. The van der Waals surface area contributed by atoms with Gasteiger partial charge in [-0.15, -0.1) is 0 Å². The lowest BCUT2D eigenvalue weighted by atomic mass is 10.0. The molecule has 0 aliphatic carbocycles. The predicted octanol–water partition coefficient (Wildman–Crippen LogP) is 1.75. The number of carboxylic acid groups (broad SMARTS) is 1. The Morgan fingerprint density at radius 2 is 1.88 bits per heavy atom. The smallest absolute Gasteiger partial charge is 0.411 e. The lowest BCUT2D eigenvalue weighted by Gasteiger charge is -2.31. The molecule has 0 bridgehead atoms. The molecule has 0 aliphatic heterocycles. The van der Waals surface area contributed by atoms with Gasteiger partial charge in [0.2, 0.25) is 0 Å². The molecule has 7 heteroatoms. The third-order valence-corrected chi connectivity index (χ3v) is 2.53. The van der Waals surface area contributed by atoms with Crippen molar-refractivity contribution in [3.05, 3.63) is 0 Å². The zero-order valence-corrected chi connectivity index (χ0v) is 10.2. The van der Waals surface area contributed by atoms with Crippen LogP contribution in [-0.4, -0.2) is 54.5 Å². The number of aliphatic carboxylic acids is 1. The van der Waals surface area contributed by atoms with Crippen molar-refractivity contribution in [2.75, 3.05) is 26.8 Å². The van der Waals surface area contributed by atoms with Crippen molar-refractivity contribution in [2.24, 2.45) is 0 Å². The van der Waals surface area contributed by atoms with Crippen LogP contribution in [-0.2, 0) is 9.53 Å². The summed E-state index contributed by atoms with van der Waals surface area (Å²) in [5.74, 6) is -0.976. The summed E-state index contributed by atoms with van der Waals surface area (Å²) in [5.41, 5.74) is -1.04. The fraction of sp³-hybridized carbons (Fsp3) is 0.900. The second-order valence-electron chi connectivity index (χ2n) is 4.31. The van der Waals surface area contributed by atoms with Gasteiger partial charge < -0.3 is 9.84 Å². The van der Waals surface area contributed by atoms with Gasteiger partial charge in [0.1, 0.15) is 12.1 Å². The average Bonchev–Trinajstić information content (AvgIpc) is 2.14. The van der Waals surface area contributed by atoms with Gasteiger partial charge in [0.05, 0.1) is 0 Å².